The van der Waals surface area contributed by atoms with Crippen LogP contribution in [0.2, 0.25) is 0 Å². The lowest BCUT2D eigenvalue weighted by atomic mass is 10.2. The first-order valence-electron chi connectivity index (χ1n) is 6.08. The van der Waals surface area contributed by atoms with Gasteiger partial charge in [-0.1, -0.05) is 39.7 Å². The van der Waals surface area contributed by atoms with Crippen LogP contribution in [0.25, 0.3) is 0 Å². The van der Waals surface area contributed by atoms with E-state index >= 15 is 0 Å². The number of amides is 1. The van der Waals surface area contributed by atoms with Crippen molar-refractivity contribution in [1.82, 2.24) is 4.90 Å². The molecule has 0 spiro atoms. The zero-order valence-corrected chi connectivity index (χ0v) is 10.5. The van der Waals surface area contributed by atoms with E-state index in [2.05, 4.69) is 20.4 Å². The Labute approximate surface area is 94.4 Å². The monoisotopic (exact) mass is 211 g/mol. The summed E-state index contributed by atoms with van der Waals surface area (Å²) in [6, 6.07) is 0. The fourth-order valence-corrected chi connectivity index (χ4v) is 1.49. The van der Waals surface area contributed by atoms with Gasteiger partial charge in [0.2, 0.25) is 5.91 Å². The lowest BCUT2D eigenvalue weighted by Crippen LogP contribution is -2.33. The maximum absolute atomic E-state index is 11.8. The van der Waals surface area contributed by atoms with Crippen LogP contribution in [-0.2, 0) is 4.79 Å². The second kappa shape index (κ2) is 8.51. The van der Waals surface area contributed by atoms with E-state index in [9.17, 15) is 4.79 Å². The maximum Gasteiger partial charge on any atom is 0.248 e. The van der Waals surface area contributed by atoms with Crippen molar-refractivity contribution in [2.45, 2.75) is 52.9 Å². The highest BCUT2D eigenvalue weighted by molar-refractivity contribution is 5.92. The number of hydrogen-bond acceptors (Lipinski definition) is 1. The molecule has 0 aliphatic carbocycles. The van der Waals surface area contributed by atoms with Crippen molar-refractivity contribution in [3.8, 4) is 0 Å². The summed E-state index contributed by atoms with van der Waals surface area (Å²) in [5, 5.41) is 0. The predicted octanol–water partition coefficient (Wildman–Crippen LogP) is 3.38. The van der Waals surface area contributed by atoms with Gasteiger partial charge in [-0.3, -0.25) is 4.79 Å². The third kappa shape index (κ3) is 6.32. The van der Waals surface area contributed by atoms with Crippen molar-refractivity contribution in [2.75, 3.05) is 13.1 Å². The SMILES string of the molecule is C=C(C)C(=O)N(CCCC)CCCCC. The molecule has 0 aromatic carbocycles. The van der Waals surface area contributed by atoms with Gasteiger partial charge < -0.3 is 4.90 Å². The van der Waals surface area contributed by atoms with E-state index in [0.717, 1.165) is 32.4 Å². The minimum absolute atomic E-state index is 0.125. The fourth-order valence-electron chi connectivity index (χ4n) is 1.49. The molecule has 0 heterocycles. The fraction of sp³-hybridized carbons (Fsp3) is 0.769. The summed E-state index contributed by atoms with van der Waals surface area (Å²) < 4.78 is 0. The van der Waals surface area contributed by atoms with E-state index < -0.39 is 0 Å². The minimum Gasteiger partial charge on any atom is -0.339 e. The van der Waals surface area contributed by atoms with Crippen LogP contribution >= 0.6 is 0 Å². The normalized spacial score (nSPS) is 10.1. The van der Waals surface area contributed by atoms with Crippen molar-refractivity contribution < 1.29 is 4.79 Å². The molecule has 0 rings (SSSR count). The molecule has 0 aromatic rings. The summed E-state index contributed by atoms with van der Waals surface area (Å²) >= 11 is 0. The quantitative estimate of drug-likeness (QED) is 0.445. The minimum atomic E-state index is 0.125. The second-order valence-corrected chi connectivity index (χ2v) is 4.13. The molecule has 88 valence electrons. The molecule has 0 radical (unpaired) electrons. The van der Waals surface area contributed by atoms with E-state index in [-0.39, 0.29) is 5.91 Å². The first-order chi connectivity index (χ1) is 7.13. The summed E-state index contributed by atoms with van der Waals surface area (Å²) in [6.07, 6.45) is 5.73. The van der Waals surface area contributed by atoms with E-state index in [1.807, 2.05) is 4.90 Å². The number of rotatable bonds is 8. The van der Waals surface area contributed by atoms with Crippen LogP contribution in [0.15, 0.2) is 12.2 Å². The Hall–Kier alpha value is -0.790. The van der Waals surface area contributed by atoms with Crippen LogP contribution in [0.3, 0.4) is 0 Å². The summed E-state index contributed by atoms with van der Waals surface area (Å²) in [5.74, 6) is 0.125. The highest BCUT2D eigenvalue weighted by Gasteiger charge is 2.12. The Balaban J connectivity index is 4.05. The van der Waals surface area contributed by atoms with Crippen LogP contribution in [-0.4, -0.2) is 23.9 Å². The van der Waals surface area contributed by atoms with Crippen LogP contribution in [0.1, 0.15) is 52.9 Å². The van der Waals surface area contributed by atoms with Crippen molar-refractivity contribution in [3.63, 3.8) is 0 Å². The van der Waals surface area contributed by atoms with Gasteiger partial charge in [0, 0.05) is 18.7 Å². The van der Waals surface area contributed by atoms with Gasteiger partial charge in [0.1, 0.15) is 0 Å². The topological polar surface area (TPSA) is 20.3 Å². The molecule has 0 aliphatic rings. The first kappa shape index (κ1) is 14.2. The molecule has 0 aliphatic heterocycles. The molecule has 0 N–H and O–H groups in total. The van der Waals surface area contributed by atoms with Gasteiger partial charge in [0.15, 0.2) is 0 Å². The Kier molecular flexibility index (Phi) is 8.06. The lowest BCUT2D eigenvalue weighted by molar-refractivity contribution is -0.127. The van der Waals surface area contributed by atoms with Gasteiger partial charge in [-0.05, 0) is 19.8 Å². The molecule has 0 saturated heterocycles. The average molecular weight is 211 g/mol. The van der Waals surface area contributed by atoms with Crippen LogP contribution in [0.5, 0.6) is 0 Å². The number of carbonyl (C=O) groups is 1. The van der Waals surface area contributed by atoms with Crippen molar-refractivity contribution in [3.05, 3.63) is 12.2 Å². The molecule has 0 atom stereocenters. The molecule has 2 nitrogen and oxygen atoms in total. The molecular formula is C13H25NO. The van der Waals surface area contributed by atoms with E-state index in [0.29, 0.717) is 5.57 Å². The summed E-state index contributed by atoms with van der Waals surface area (Å²) in [5.41, 5.74) is 0.655. The van der Waals surface area contributed by atoms with Crippen molar-refractivity contribution >= 4 is 5.91 Å². The van der Waals surface area contributed by atoms with E-state index in [1.54, 1.807) is 6.92 Å². The third-order valence-corrected chi connectivity index (χ3v) is 2.47. The Morgan fingerprint density at radius 2 is 1.60 bits per heavy atom. The highest BCUT2D eigenvalue weighted by atomic mass is 16.2. The number of nitrogens with zero attached hydrogens (tertiary/aromatic N) is 1. The molecule has 15 heavy (non-hydrogen) atoms. The molecule has 0 saturated carbocycles. The standard InChI is InChI=1S/C13H25NO/c1-5-7-9-11-14(10-8-6-2)13(15)12(3)4/h3,5-11H2,1-2,4H3. The predicted molar refractivity (Wildman–Crippen MR) is 65.8 cm³/mol. The molecule has 0 unspecified atom stereocenters. The highest BCUT2D eigenvalue weighted by Crippen LogP contribution is 2.05. The van der Waals surface area contributed by atoms with Gasteiger partial charge in [0.05, 0.1) is 0 Å². The molecule has 0 bridgehead atoms. The van der Waals surface area contributed by atoms with Gasteiger partial charge in [-0.15, -0.1) is 0 Å². The molecule has 1 amide bonds. The Bertz CT molecular complexity index is 199. The maximum atomic E-state index is 11.8. The Morgan fingerprint density at radius 3 is 2.07 bits per heavy atom. The van der Waals surface area contributed by atoms with Gasteiger partial charge in [0.25, 0.3) is 0 Å². The summed E-state index contributed by atoms with van der Waals surface area (Å²) in [6.45, 7) is 11.6. The number of hydrogen-bond donors (Lipinski definition) is 0. The van der Waals surface area contributed by atoms with Gasteiger partial charge >= 0.3 is 0 Å². The summed E-state index contributed by atoms with van der Waals surface area (Å²) in [7, 11) is 0. The van der Waals surface area contributed by atoms with Crippen molar-refractivity contribution in [1.29, 1.82) is 0 Å². The summed E-state index contributed by atoms with van der Waals surface area (Å²) in [4.78, 5) is 13.7. The second-order valence-electron chi connectivity index (χ2n) is 4.13. The molecular weight excluding hydrogens is 186 g/mol. The van der Waals surface area contributed by atoms with Crippen LogP contribution < -0.4 is 0 Å². The first-order valence-corrected chi connectivity index (χ1v) is 6.08. The third-order valence-electron chi connectivity index (χ3n) is 2.47. The Morgan fingerprint density at radius 1 is 1.07 bits per heavy atom. The number of carbonyl (C=O) groups excluding carboxylic acids is 1. The van der Waals surface area contributed by atoms with Crippen LogP contribution in [0.4, 0.5) is 0 Å². The molecule has 2 heteroatoms. The zero-order valence-electron chi connectivity index (χ0n) is 10.5. The zero-order chi connectivity index (χ0) is 11.7. The van der Waals surface area contributed by atoms with Gasteiger partial charge in [-0.25, -0.2) is 0 Å². The lowest BCUT2D eigenvalue weighted by Gasteiger charge is -2.22. The number of unbranched alkanes of at least 4 members (excludes halogenated alkanes) is 3. The molecule has 0 aromatic heterocycles. The van der Waals surface area contributed by atoms with E-state index in [4.69, 9.17) is 0 Å². The van der Waals surface area contributed by atoms with E-state index in [1.165, 1.54) is 12.8 Å². The largest absolute Gasteiger partial charge is 0.339 e. The van der Waals surface area contributed by atoms with Crippen molar-refractivity contribution in [2.24, 2.45) is 0 Å². The average Bonchev–Trinajstić information content (AvgIpc) is 2.22. The molecule has 0 fully saturated rings. The van der Waals surface area contributed by atoms with Crippen LogP contribution in [0, 0.1) is 0 Å². The smallest absolute Gasteiger partial charge is 0.248 e. The van der Waals surface area contributed by atoms with Gasteiger partial charge in [-0.2, -0.15) is 0 Å².